The number of hydrogen-bond acceptors (Lipinski definition) is 4. The molecule has 0 unspecified atom stereocenters. The second-order valence-electron chi connectivity index (χ2n) is 6.81. The fourth-order valence-electron chi connectivity index (χ4n) is 3.72. The molecule has 1 aromatic rings. The van der Waals surface area contributed by atoms with Crippen LogP contribution in [0.2, 0.25) is 0 Å². The molecule has 1 saturated carbocycles. The molecule has 2 aliphatic rings. The van der Waals surface area contributed by atoms with E-state index in [9.17, 15) is 9.59 Å². The average Bonchev–Trinajstić information content (AvgIpc) is 2.86. The van der Waals surface area contributed by atoms with Crippen LogP contribution in [0.4, 0.5) is 5.69 Å². The van der Waals surface area contributed by atoms with Gasteiger partial charge < -0.3 is 11.1 Å². The number of fused-ring (bicyclic) bond motifs is 1. The molecule has 0 spiro atoms. The van der Waals surface area contributed by atoms with Gasteiger partial charge in [-0.1, -0.05) is 25.7 Å². The van der Waals surface area contributed by atoms with E-state index >= 15 is 0 Å². The Morgan fingerprint density at radius 1 is 1.00 bits per heavy atom. The zero-order valence-corrected chi connectivity index (χ0v) is 14.2. The number of nitrogens with one attached hydrogen (secondary N) is 1. The number of imide groups is 1. The smallest absolute Gasteiger partial charge is 0.261 e. The number of unbranched alkanes of at least 4 members (excludes halogenated alkanes) is 2. The third-order valence-electron chi connectivity index (χ3n) is 5.07. The second kappa shape index (κ2) is 7.79. The summed E-state index contributed by atoms with van der Waals surface area (Å²) in [5.41, 5.74) is 7.51. The molecular weight excluding hydrogens is 302 g/mol. The van der Waals surface area contributed by atoms with Crippen molar-refractivity contribution in [2.45, 2.75) is 57.4 Å². The summed E-state index contributed by atoms with van der Waals surface area (Å²) in [4.78, 5) is 26.9. The molecular formula is C19H27N3O2. The Labute approximate surface area is 143 Å². The predicted molar refractivity (Wildman–Crippen MR) is 95.2 cm³/mol. The normalized spacial score (nSPS) is 18.1. The van der Waals surface area contributed by atoms with E-state index in [4.69, 9.17) is 5.73 Å². The van der Waals surface area contributed by atoms with Crippen molar-refractivity contribution in [3.05, 3.63) is 29.3 Å². The maximum absolute atomic E-state index is 12.7. The molecule has 1 aromatic carbocycles. The number of hydrogen-bond donors (Lipinski definition) is 2. The number of nitrogens with zero attached hydrogens (tertiary/aromatic N) is 1. The van der Waals surface area contributed by atoms with Crippen molar-refractivity contribution in [3.63, 3.8) is 0 Å². The van der Waals surface area contributed by atoms with Crippen LogP contribution in [0.15, 0.2) is 18.2 Å². The minimum Gasteiger partial charge on any atom is -0.385 e. The standard InChI is InChI=1S/C19H27N3O2/c20-11-5-2-6-12-21-14-9-10-16-17(13-14)19(24)22(18(16)23)15-7-3-1-4-8-15/h9-10,13,15,21H,1-8,11-12,20H2. The number of nitrogens with two attached hydrogens (primary N) is 1. The lowest BCUT2D eigenvalue weighted by atomic mass is 9.94. The summed E-state index contributed by atoms with van der Waals surface area (Å²) in [6.45, 7) is 1.58. The summed E-state index contributed by atoms with van der Waals surface area (Å²) < 4.78 is 0. The van der Waals surface area contributed by atoms with Gasteiger partial charge in [0.15, 0.2) is 0 Å². The van der Waals surface area contributed by atoms with Crippen molar-refractivity contribution in [2.24, 2.45) is 5.73 Å². The molecule has 0 bridgehead atoms. The Morgan fingerprint density at radius 2 is 1.75 bits per heavy atom. The highest BCUT2D eigenvalue weighted by atomic mass is 16.2. The van der Waals surface area contributed by atoms with Crippen LogP contribution in [0.1, 0.15) is 72.1 Å². The van der Waals surface area contributed by atoms with Gasteiger partial charge in [0, 0.05) is 18.3 Å². The van der Waals surface area contributed by atoms with E-state index in [1.165, 1.54) is 11.3 Å². The van der Waals surface area contributed by atoms with Crippen molar-refractivity contribution in [2.75, 3.05) is 18.4 Å². The highest BCUT2D eigenvalue weighted by Crippen LogP contribution is 2.32. The topological polar surface area (TPSA) is 75.4 Å². The van der Waals surface area contributed by atoms with Crippen molar-refractivity contribution >= 4 is 17.5 Å². The van der Waals surface area contributed by atoms with E-state index in [-0.39, 0.29) is 17.9 Å². The zero-order chi connectivity index (χ0) is 16.9. The van der Waals surface area contributed by atoms with Crippen LogP contribution in [0.3, 0.4) is 0 Å². The summed E-state index contributed by atoms with van der Waals surface area (Å²) in [5.74, 6) is -0.231. The van der Waals surface area contributed by atoms with Gasteiger partial charge in [0.1, 0.15) is 0 Å². The van der Waals surface area contributed by atoms with E-state index in [1.54, 1.807) is 6.07 Å². The van der Waals surface area contributed by atoms with Gasteiger partial charge in [-0.15, -0.1) is 0 Å². The number of benzene rings is 1. The highest BCUT2D eigenvalue weighted by molar-refractivity contribution is 6.22. The minimum absolute atomic E-state index is 0.0822. The molecule has 0 saturated heterocycles. The van der Waals surface area contributed by atoms with Crippen LogP contribution in [-0.4, -0.2) is 35.8 Å². The third-order valence-corrected chi connectivity index (χ3v) is 5.07. The van der Waals surface area contributed by atoms with Gasteiger partial charge in [-0.2, -0.15) is 0 Å². The van der Waals surface area contributed by atoms with Crippen molar-refractivity contribution in [1.82, 2.24) is 4.90 Å². The quantitative estimate of drug-likeness (QED) is 0.595. The van der Waals surface area contributed by atoms with Crippen LogP contribution >= 0.6 is 0 Å². The number of carbonyl (C=O) groups excluding carboxylic acids is 2. The van der Waals surface area contributed by atoms with Crippen LogP contribution in [-0.2, 0) is 0 Å². The monoisotopic (exact) mass is 329 g/mol. The van der Waals surface area contributed by atoms with E-state index < -0.39 is 0 Å². The summed E-state index contributed by atoms with van der Waals surface area (Å²) in [6, 6.07) is 5.61. The summed E-state index contributed by atoms with van der Waals surface area (Å²) in [6.07, 6.45) is 8.49. The van der Waals surface area contributed by atoms with Crippen LogP contribution in [0, 0.1) is 0 Å². The largest absolute Gasteiger partial charge is 0.385 e. The van der Waals surface area contributed by atoms with Crippen molar-refractivity contribution in [3.8, 4) is 0 Å². The number of carbonyl (C=O) groups is 2. The fourth-order valence-corrected chi connectivity index (χ4v) is 3.72. The molecule has 0 atom stereocenters. The minimum atomic E-state index is -0.117. The highest BCUT2D eigenvalue weighted by Gasteiger charge is 2.40. The molecule has 130 valence electrons. The third kappa shape index (κ3) is 3.46. The molecule has 2 amide bonds. The molecule has 1 aliphatic carbocycles. The van der Waals surface area contributed by atoms with Gasteiger partial charge >= 0.3 is 0 Å². The molecule has 3 rings (SSSR count). The van der Waals surface area contributed by atoms with Crippen LogP contribution < -0.4 is 11.1 Å². The first kappa shape index (κ1) is 17.0. The maximum Gasteiger partial charge on any atom is 0.261 e. The van der Waals surface area contributed by atoms with Crippen molar-refractivity contribution < 1.29 is 9.59 Å². The number of anilines is 1. The molecule has 1 fully saturated rings. The first-order valence-corrected chi connectivity index (χ1v) is 9.18. The van der Waals surface area contributed by atoms with E-state index in [0.717, 1.165) is 63.7 Å². The van der Waals surface area contributed by atoms with Crippen molar-refractivity contribution in [1.29, 1.82) is 0 Å². The van der Waals surface area contributed by atoms with Gasteiger partial charge in [0.05, 0.1) is 11.1 Å². The Balaban J connectivity index is 1.67. The predicted octanol–water partition coefficient (Wildman–Crippen LogP) is 3.16. The fraction of sp³-hybridized carbons (Fsp3) is 0.579. The van der Waals surface area contributed by atoms with Gasteiger partial charge in [-0.25, -0.2) is 0 Å². The van der Waals surface area contributed by atoms with E-state index in [2.05, 4.69) is 5.32 Å². The molecule has 3 N–H and O–H groups in total. The zero-order valence-electron chi connectivity index (χ0n) is 14.2. The van der Waals surface area contributed by atoms with Gasteiger partial charge in [-0.3, -0.25) is 14.5 Å². The first-order valence-electron chi connectivity index (χ1n) is 9.18. The summed E-state index contributed by atoms with van der Waals surface area (Å²) in [5, 5.41) is 3.34. The average molecular weight is 329 g/mol. The SMILES string of the molecule is NCCCCCNc1ccc2c(c1)C(=O)N(C1CCCCC1)C2=O. The molecule has 5 nitrogen and oxygen atoms in total. The lowest BCUT2D eigenvalue weighted by molar-refractivity contribution is 0.0549. The Kier molecular flexibility index (Phi) is 5.51. The summed E-state index contributed by atoms with van der Waals surface area (Å²) in [7, 11) is 0. The Hall–Kier alpha value is -1.88. The molecule has 5 heteroatoms. The van der Waals surface area contributed by atoms with E-state index in [0.29, 0.717) is 11.1 Å². The summed E-state index contributed by atoms with van der Waals surface area (Å²) >= 11 is 0. The van der Waals surface area contributed by atoms with E-state index in [1.807, 2.05) is 12.1 Å². The Morgan fingerprint density at radius 3 is 2.50 bits per heavy atom. The molecule has 0 aromatic heterocycles. The van der Waals surface area contributed by atoms with Gasteiger partial charge in [0.25, 0.3) is 11.8 Å². The molecule has 1 aliphatic heterocycles. The number of amides is 2. The maximum atomic E-state index is 12.7. The van der Waals surface area contributed by atoms with Crippen LogP contribution in [0.25, 0.3) is 0 Å². The Bertz CT molecular complexity index is 609. The van der Waals surface area contributed by atoms with Gasteiger partial charge in [-0.05, 0) is 50.4 Å². The lowest BCUT2D eigenvalue weighted by Gasteiger charge is -2.29. The number of rotatable bonds is 7. The molecule has 24 heavy (non-hydrogen) atoms. The second-order valence-corrected chi connectivity index (χ2v) is 6.81. The first-order chi connectivity index (χ1) is 11.7. The molecule has 0 radical (unpaired) electrons. The van der Waals surface area contributed by atoms with Gasteiger partial charge in [0.2, 0.25) is 0 Å². The lowest BCUT2D eigenvalue weighted by Crippen LogP contribution is -2.40. The van der Waals surface area contributed by atoms with Crippen LogP contribution in [0.5, 0.6) is 0 Å². The molecule has 1 heterocycles.